The highest BCUT2D eigenvalue weighted by atomic mass is 35.5. The zero-order chi connectivity index (χ0) is 15.4. The van der Waals surface area contributed by atoms with E-state index in [1.165, 1.54) is 0 Å². The van der Waals surface area contributed by atoms with Gasteiger partial charge in [-0.2, -0.15) is 0 Å². The van der Waals surface area contributed by atoms with Gasteiger partial charge in [-0.15, -0.1) is 0 Å². The van der Waals surface area contributed by atoms with Gasteiger partial charge in [0.15, 0.2) is 0 Å². The standard InChI is InChI=1S/C16H22ClNO3/c1-18(13-5-3-4-6-14(13)19)16(20)10-11-9-12(17)7-8-15(11)21-2/h7-9,13-14,19H,3-6,10H2,1-2H3. The molecule has 1 aromatic rings. The first-order valence-electron chi connectivity index (χ1n) is 7.29. The van der Waals surface area contributed by atoms with Gasteiger partial charge in [-0.25, -0.2) is 0 Å². The number of aliphatic hydroxyl groups excluding tert-OH is 1. The van der Waals surface area contributed by atoms with Crippen molar-refractivity contribution in [3.63, 3.8) is 0 Å². The van der Waals surface area contributed by atoms with E-state index in [0.29, 0.717) is 10.8 Å². The van der Waals surface area contributed by atoms with Gasteiger partial charge >= 0.3 is 0 Å². The molecule has 116 valence electrons. The summed E-state index contributed by atoms with van der Waals surface area (Å²) in [6.07, 6.45) is 3.51. The molecule has 21 heavy (non-hydrogen) atoms. The Morgan fingerprint density at radius 2 is 2.14 bits per heavy atom. The number of halogens is 1. The summed E-state index contributed by atoms with van der Waals surface area (Å²) in [7, 11) is 3.34. The molecule has 5 heteroatoms. The van der Waals surface area contributed by atoms with Crippen LogP contribution in [0.1, 0.15) is 31.2 Å². The fourth-order valence-electron chi connectivity index (χ4n) is 2.90. The summed E-state index contributed by atoms with van der Waals surface area (Å²) in [4.78, 5) is 14.1. The van der Waals surface area contributed by atoms with E-state index in [0.717, 1.165) is 31.2 Å². The van der Waals surface area contributed by atoms with E-state index in [-0.39, 0.29) is 18.4 Å². The average molecular weight is 312 g/mol. The number of carbonyl (C=O) groups excluding carboxylic acids is 1. The molecule has 0 aromatic heterocycles. The summed E-state index contributed by atoms with van der Waals surface area (Å²) in [5.41, 5.74) is 0.771. The number of hydrogen-bond acceptors (Lipinski definition) is 3. The summed E-state index contributed by atoms with van der Waals surface area (Å²) in [5.74, 6) is 0.631. The molecular formula is C16H22ClNO3. The Hall–Kier alpha value is -1.26. The molecule has 1 fully saturated rings. The predicted octanol–water partition coefficient (Wildman–Crippen LogP) is 2.65. The number of nitrogens with zero attached hydrogens (tertiary/aromatic N) is 1. The van der Waals surface area contributed by atoms with Crippen LogP contribution in [0.3, 0.4) is 0 Å². The molecule has 0 aliphatic heterocycles. The normalized spacial score (nSPS) is 21.9. The SMILES string of the molecule is COc1ccc(Cl)cc1CC(=O)N(C)C1CCCCC1O. The second-order valence-electron chi connectivity index (χ2n) is 5.56. The van der Waals surface area contributed by atoms with Crippen molar-refractivity contribution in [2.75, 3.05) is 14.2 Å². The highest BCUT2D eigenvalue weighted by Gasteiger charge is 2.29. The number of hydrogen-bond donors (Lipinski definition) is 1. The van der Waals surface area contributed by atoms with Gasteiger partial charge in [0.2, 0.25) is 5.91 Å². The Bertz CT molecular complexity index is 506. The highest BCUT2D eigenvalue weighted by molar-refractivity contribution is 6.30. The van der Waals surface area contributed by atoms with Crippen molar-refractivity contribution >= 4 is 17.5 Å². The molecule has 0 saturated heterocycles. The van der Waals surface area contributed by atoms with Crippen LogP contribution in [0.2, 0.25) is 5.02 Å². The number of benzene rings is 1. The molecule has 0 spiro atoms. The molecule has 1 aromatic carbocycles. The quantitative estimate of drug-likeness (QED) is 0.930. The molecule has 0 heterocycles. The minimum Gasteiger partial charge on any atom is -0.496 e. The number of aliphatic hydroxyl groups is 1. The Kier molecular flexibility index (Phi) is 5.48. The van der Waals surface area contributed by atoms with Gasteiger partial charge < -0.3 is 14.7 Å². The van der Waals surface area contributed by atoms with Gasteiger partial charge in [0.05, 0.1) is 25.7 Å². The molecule has 1 N–H and O–H groups in total. The molecule has 0 bridgehead atoms. The second-order valence-corrected chi connectivity index (χ2v) is 5.99. The Labute approximate surface area is 130 Å². The molecule has 4 nitrogen and oxygen atoms in total. The molecule has 1 amide bonds. The van der Waals surface area contributed by atoms with Crippen molar-refractivity contribution in [3.8, 4) is 5.75 Å². The lowest BCUT2D eigenvalue weighted by molar-refractivity contribution is -0.134. The van der Waals surface area contributed by atoms with Gasteiger partial charge in [-0.05, 0) is 31.0 Å². The van der Waals surface area contributed by atoms with Crippen molar-refractivity contribution in [1.82, 2.24) is 4.90 Å². The number of amides is 1. The number of likely N-dealkylation sites (N-methyl/N-ethyl adjacent to an activating group) is 1. The molecule has 1 aliphatic rings. The number of rotatable bonds is 4. The van der Waals surface area contributed by atoms with E-state index in [1.54, 1.807) is 37.3 Å². The summed E-state index contributed by atoms with van der Waals surface area (Å²) in [5, 5.41) is 10.6. The molecule has 2 rings (SSSR count). The van der Waals surface area contributed by atoms with Gasteiger partial charge in [0, 0.05) is 17.6 Å². The average Bonchev–Trinajstić information content (AvgIpc) is 2.47. The summed E-state index contributed by atoms with van der Waals surface area (Å²) >= 11 is 5.99. The minimum absolute atomic E-state index is 0.0264. The van der Waals surface area contributed by atoms with Crippen LogP contribution >= 0.6 is 11.6 Å². The van der Waals surface area contributed by atoms with Crippen molar-refractivity contribution in [1.29, 1.82) is 0 Å². The van der Waals surface area contributed by atoms with Crippen LogP contribution in [0.5, 0.6) is 5.75 Å². The monoisotopic (exact) mass is 311 g/mol. The fraction of sp³-hybridized carbons (Fsp3) is 0.562. The van der Waals surface area contributed by atoms with E-state index in [1.807, 2.05) is 0 Å². The minimum atomic E-state index is -0.422. The lowest BCUT2D eigenvalue weighted by atomic mass is 9.91. The zero-order valence-electron chi connectivity index (χ0n) is 12.5. The summed E-state index contributed by atoms with van der Waals surface area (Å²) in [6.45, 7) is 0. The van der Waals surface area contributed by atoms with Gasteiger partial charge in [-0.3, -0.25) is 4.79 Å². The number of carbonyl (C=O) groups is 1. The lowest BCUT2D eigenvalue weighted by Crippen LogP contribution is -2.46. The van der Waals surface area contributed by atoms with Gasteiger partial charge in [0.1, 0.15) is 5.75 Å². The highest BCUT2D eigenvalue weighted by Crippen LogP contribution is 2.26. The van der Waals surface area contributed by atoms with Crippen LogP contribution in [0.4, 0.5) is 0 Å². The maximum atomic E-state index is 12.5. The molecular weight excluding hydrogens is 290 g/mol. The molecule has 2 unspecified atom stereocenters. The third-order valence-electron chi connectivity index (χ3n) is 4.17. The predicted molar refractivity (Wildman–Crippen MR) is 82.7 cm³/mol. The van der Waals surface area contributed by atoms with E-state index >= 15 is 0 Å². The maximum absolute atomic E-state index is 12.5. The second kappa shape index (κ2) is 7.14. The smallest absolute Gasteiger partial charge is 0.227 e. The zero-order valence-corrected chi connectivity index (χ0v) is 13.3. The molecule has 1 aliphatic carbocycles. The maximum Gasteiger partial charge on any atom is 0.227 e. The van der Waals surface area contributed by atoms with Gasteiger partial charge in [0.25, 0.3) is 0 Å². The van der Waals surface area contributed by atoms with E-state index in [9.17, 15) is 9.90 Å². The topological polar surface area (TPSA) is 49.8 Å². The van der Waals surface area contributed by atoms with Crippen molar-refractivity contribution in [2.24, 2.45) is 0 Å². The first-order chi connectivity index (χ1) is 10.0. The van der Waals surface area contributed by atoms with Crippen LogP contribution in [-0.2, 0) is 11.2 Å². The van der Waals surface area contributed by atoms with Crippen LogP contribution in [0, 0.1) is 0 Å². The largest absolute Gasteiger partial charge is 0.496 e. The summed E-state index contributed by atoms with van der Waals surface area (Å²) in [6, 6.07) is 5.17. The Morgan fingerprint density at radius 1 is 1.43 bits per heavy atom. The van der Waals surface area contributed by atoms with E-state index < -0.39 is 6.10 Å². The first kappa shape index (κ1) is 16.1. The Morgan fingerprint density at radius 3 is 2.81 bits per heavy atom. The summed E-state index contributed by atoms with van der Waals surface area (Å²) < 4.78 is 5.27. The molecule has 0 radical (unpaired) electrons. The van der Waals surface area contributed by atoms with Crippen LogP contribution in [0.15, 0.2) is 18.2 Å². The fourth-order valence-corrected chi connectivity index (χ4v) is 3.10. The van der Waals surface area contributed by atoms with Crippen molar-refractivity contribution in [3.05, 3.63) is 28.8 Å². The third kappa shape index (κ3) is 3.89. The van der Waals surface area contributed by atoms with Crippen molar-refractivity contribution < 1.29 is 14.6 Å². The Balaban J connectivity index is 2.08. The van der Waals surface area contributed by atoms with Crippen LogP contribution in [-0.4, -0.2) is 42.2 Å². The molecule has 2 atom stereocenters. The van der Waals surface area contributed by atoms with E-state index in [2.05, 4.69) is 0 Å². The lowest BCUT2D eigenvalue weighted by Gasteiger charge is -2.35. The molecule has 1 saturated carbocycles. The first-order valence-corrected chi connectivity index (χ1v) is 7.67. The van der Waals surface area contributed by atoms with Gasteiger partial charge in [-0.1, -0.05) is 24.4 Å². The third-order valence-corrected chi connectivity index (χ3v) is 4.40. The van der Waals surface area contributed by atoms with Crippen molar-refractivity contribution in [2.45, 2.75) is 44.2 Å². The van der Waals surface area contributed by atoms with E-state index in [4.69, 9.17) is 16.3 Å². The number of ether oxygens (including phenoxy) is 1. The van der Waals surface area contributed by atoms with Crippen LogP contribution in [0.25, 0.3) is 0 Å². The number of methoxy groups -OCH3 is 1. The van der Waals surface area contributed by atoms with Crippen LogP contribution < -0.4 is 4.74 Å².